The maximum Gasteiger partial charge on any atom is 0.472 e. The molecule has 0 aromatic rings. The van der Waals surface area contributed by atoms with E-state index in [1.54, 1.807) is 0 Å². The van der Waals surface area contributed by atoms with Crippen molar-refractivity contribution in [3.05, 3.63) is 109 Å². The van der Waals surface area contributed by atoms with Crippen LogP contribution in [0.4, 0.5) is 0 Å². The van der Waals surface area contributed by atoms with Gasteiger partial charge in [0.25, 0.3) is 0 Å². The summed E-state index contributed by atoms with van der Waals surface area (Å²) in [5.41, 5.74) is 0. The highest BCUT2D eigenvalue weighted by atomic mass is 31.2. The highest BCUT2D eigenvalue weighted by molar-refractivity contribution is 7.47. The van der Waals surface area contributed by atoms with Gasteiger partial charge in [-0.25, -0.2) is 4.57 Å². The molecule has 9 nitrogen and oxygen atoms in total. The zero-order valence-corrected chi connectivity index (χ0v) is 52.5. The molecular weight excluding hydrogens is 1000 g/mol. The summed E-state index contributed by atoms with van der Waals surface area (Å²) in [4.78, 5) is 35.7. The molecule has 0 aliphatic rings. The van der Waals surface area contributed by atoms with Gasteiger partial charge in [0, 0.05) is 12.8 Å². The number of hydrogen-bond donors (Lipinski definition) is 1. The van der Waals surface area contributed by atoms with Crippen molar-refractivity contribution in [2.24, 2.45) is 0 Å². The molecule has 0 aromatic carbocycles. The minimum atomic E-state index is -4.39. The van der Waals surface area contributed by atoms with Gasteiger partial charge in [-0.3, -0.25) is 18.6 Å². The van der Waals surface area contributed by atoms with Crippen molar-refractivity contribution in [3.63, 3.8) is 0 Å². The van der Waals surface area contributed by atoms with Gasteiger partial charge in [0.1, 0.15) is 19.8 Å². The predicted octanol–water partition coefficient (Wildman–Crippen LogP) is 20.5. The second-order valence-corrected chi connectivity index (χ2v) is 23.9. The Hall–Kier alpha value is -3.33. The van der Waals surface area contributed by atoms with Crippen LogP contribution in [0.25, 0.3) is 0 Å². The Bertz CT molecular complexity index is 1700. The molecule has 0 amide bonds. The van der Waals surface area contributed by atoms with E-state index < -0.39 is 26.5 Å². The van der Waals surface area contributed by atoms with E-state index in [-0.39, 0.29) is 32.0 Å². The van der Waals surface area contributed by atoms with E-state index in [1.807, 2.05) is 21.1 Å². The smallest absolute Gasteiger partial charge is 0.462 e. The monoisotopic (exact) mass is 1120 g/mol. The molecule has 2 unspecified atom stereocenters. The fourth-order valence-electron chi connectivity index (χ4n) is 8.62. The Morgan fingerprint density at radius 2 is 0.722 bits per heavy atom. The molecule has 2 atom stereocenters. The first kappa shape index (κ1) is 75.7. The van der Waals surface area contributed by atoms with E-state index >= 15 is 0 Å². The van der Waals surface area contributed by atoms with E-state index in [9.17, 15) is 19.0 Å². The maximum atomic E-state index is 12.8. The lowest BCUT2D eigenvalue weighted by Gasteiger charge is -2.24. The fourth-order valence-corrected chi connectivity index (χ4v) is 9.36. The summed E-state index contributed by atoms with van der Waals surface area (Å²) in [6, 6.07) is 0. The van der Waals surface area contributed by atoms with E-state index in [4.69, 9.17) is 18.5 Å². The van der Waals surface area contributed by atoms with Crippen LogP contribution in [0.1, 0.15) is 264 Å². The van der Waals surface area contributed by atoms with Crippen LogP contribution in [-0.4, -0.2) is 74.9 Å². The minimum absolute atomic E-state index is 0.0273. The quantitative estimate of drug-likeness (QED) is 0.0211. The highest BCUT2D eigenvalue weighted by Gasteiger charge is 2.27. The first-order chi connectivity index (χ1) is 38.5. The third kappa shape index (κ3) is 63.7. The number of likely N-dealkylation sites (N-methyl/N-ethyl adjacent to an activating group) is 1. The molecule has 0 saturated carbocycles. The summed E-state index contributed by atoms with van der Waals surface area (Å²) < 4.78 is 34.6. The Morgan fingerprint density at radius 1 is 0.405 bits per heavy atom. The lowest BCUT2D eigenvalue weighted by atomic mass is 10.0. The standard InChI is InChI=1S/C69H120NO8P/c1-6-8-10-12-14-16-18-20-22-24-25-26-27-28-29-30-31-32-33-34-35-36-37-38-39-40-41-42-43-44-45-46-48-50-52-54-56-58-60-62-69(72)78-67(66-77-79(73,74)76-64-63-70(3,4)5)65-75-68(71)61-59-57-55-53-51-49-47-23-21-19-17-15-13-11-9-7-2/h8,10,14,16,20,22-23,25-26,28-29,31-32,34-35,37-38,47,67H,6-7,9,11-13,15,17-19,21,24,27,30,33,36,39-46,48-66H2,1-5H3/p+1/b10-8-,16-14-,22-20-,26-25-,29-28-,32-31-,35-34-,38-37-,47-23-. The SMILES string of the molecule is CC/C=C\C/C=C\C/C=C\C/C=C\C/C=C\C/C=C\C/C=C\C/C=C\CCCCCCCCCCCCCCCCC(=O)OC(COC(=O)CCCCCCC/C=C\CCCCCCCCC)COP(=O)(O)OCC[N+](C)(C)C. The van der Waals surface area contributed by atoms with Crippen molar-refractivity contribution >= 4 is 19.8 Å². The van der Waals surface area contributed by atoms with E-state index in [0.29, 0.717) is 17.4 Å². The van der Waals surface area contributed by atoms with Crippen LogP contribution < -0.4 is 0 Å². The Balaban J connectivity index is 4.04. The molecule has 0 aliphatic heterocycles. The number of hydrogen-bond acceptors (Lipinski definition) is 7. The normalized spacial score (nSPS) is 13.9. The van der Waals surface area contributed by atoms with Gasteiger partial charge in [-0.05, 0) is 103 Å². The average Bonchev–Trinajstić information content (AvgIpc) is 3.41. The largest absolute Gasteiger partial charge is 0.472 e. The third-order valence-electron chi connectivity index (χ3n) is 13.5. The minimum Gasteiger partial charge on any atom is -0.462 e. The Labute approximate surface area is 486 Å². The average molecular weight is 1120 g/mol. The van der Waals surface area contributed by atoms with Gasteiger partial charge in [0.2, 0.25) is 0 Å². The Morgan fingerprint density at radius 3 is 1.09 bits per heavy atom. The number of ether oxygens (including phenoxy) is 2. The van der Waals surface area contributed by atoms with Crippen LogP contribution in [0.15, 0.2) is 109 Å². The van der Waals surface area contributed by atoms with Gasteiger partial charge in [-0.15, -0.1) is 0 Å². The maximum absolute atomic E-state index is 12.8. The van der Waals surface area contributed by atoms with Crippen molar-refractivity contribution < 1.29 is 42.1 Å². The number of esters is 2. The van der Waals surface area contributed by atoms with Crippen molar-refractivity contribution in [2.45, 2.75) is 270 Å². The van der Waals surface area contributed by atoms with Crippen LogP contribution in [0.2, 0.25) is 0 Å². The molecular formula is C69H121NO8P+. The Kier molecular flexibility index (Phi) is 56.8. The van der Waals surface area contributed by atoms with Crippen molar-refractivity contribution in [1.82, 2.24) is 0 Å². The molecule has 10 heteroatoms. The topological polar surface area (TPSA) is 108 Å². The summed E-state index contributed by atoms with van der Waals surface area (Å²) in [7, 11) is 1.47. The number of phosphoric ester groups is 1. The lowest BCUT2D eigenvalue weighted by molar-refractivity contribution is -0.870. The van der Waals surface area contributed by atoms with Crippen LogP contribution in [0.3, 0.4) is 0 Å². The lowest BCUT2D eigenvalue weighted by Crippen LogP contribution is -2.37. The molecule has 0 saturated heterocycles. The number of quaternary nitrogens is 1. The number of unbranched alkanes of at least 4 members (excludes halogenated alkanes) is 26. The van der Waals surface area contributed by atoms with Crippen LogP contribution in [0.5, 0.6) is 0 Å². The van der Waals surface area contributed by atoms with Gasteiger partial charge in [-0.1, -0.05) is 258 Å². The van der Waals surface area contributed by atoms with Gasteiger partial charge in [-0.2, -0.15) is 0 Å². The first-order valence-corrected chi connectivity index (χ1v) is 33.6. The van der Waals surface area contributed by atoms with Gasteiger partial charge >= 0.3 is 19.8 Å². The fraction of sp³-hybridized carbons (Fsp3) is 0.710. The second-order valence-electron chi connectivity index (χ2n) is 22.4. The molecule has 1 N–H and O–H groups in total. The van der Waals surface area contributed by atoms with Crippen LogP contribution >= 0.6 is 7.82 Å². The van der Waals surface area contributed by atoms with Gasteiger partial charge in [0.05, 0.1) is 27.7 Å². The summed E-state index contributed by atoms with van der Waals surface area (Å²) in [5.74, 6) is -0.806. The molecule has 0 radical (unpaired) electrons. The number of carbonyl (C=O) groups excluding carboxylic acids is 2. The summed E-state index contributed by atoms with van der Waals surface area (Å²) in [6.07, 6.45) is 83.2. The zero-order valence-electron chi connectivity index (χ0n) is 51.6. The molecule has 0 rings (SSSR count). The molecule has 0 bridgehead atoms. The second kappa shape index (κ2) is 59.3. The number of nitrogens with zero attached hydrogens (tertiary/aromatic N) is 1. The van der Waals surface area contributed by atoms with Crippen LogP contribution in [0, 0.1) is 0 Å². The molecule has 0 heterocycles. The van der Waals surface area contributed by atoms with Gasteiger partial charge < -0.3 is 18.9 Å². The molecule has 0 aromatic heterocycles. The molecule has 0 aliphatic carbocycles. The summed E-state index contributed by atoms with van der Waals surface area (Å²) in [6.45, 7) is 4.31. The highest BCUT2D eigenvalue weighted by Crippen LogP contribution is 2.43. The number of allylic oxidation sites excluding steroid dienone is 18. The first-order valence-electron chi connectivity index (χ1n) is 32.1. The van der Waals surface area contributed by atoms with E-state index in [1.165, 1.54) is 122 Å². The zero-order chi connectivity index (χ0) is 57.7. The number of rotatable bonds is 58. The van der Waals surface area contributed by atoms with Crippen molar-refractivity contribution in [1.29, 1.82) is 0 Å². The third-order valence-corrected chi connectivity index (χ3v) is 14.5. The van der Waals surface area contributed by atoms with E-state index in [0.717, 1.165) is 109 Å². The molecule has 454 valence electrons. The van der Waals surface area contributed by atoms with Gasteiger partial charge in [0.15, 0.2) is 6.10 Å². The molecule has 0 fully saturated rings. The number of carbonyl (C=O) groups is 2. The van der Waals surface area contributed by atoms with Crippen molar-refractivity contribution in [3.8, 4) is 0 Å². The summed E-state index contributed by atoms with van der Waals surface area (Å²) >= 11 is 0. The van der Waals surface area contributed by atoms with E-state index in [2.05, 4.69) is 123 Å². The molecule has 0 spiro atoms. The van der Waals surface area contributed by atoms with Crippen molar-refractivity contribution in [2.75, 3.05) is 47.5 Å². The van der Waals surface area contributed by atoms with Crippen LogP contribution in [-0.2, 0) is 32.7 Å². The predicted molar refractivity (Wildman–Crippen MR) is 339 cm³/mol. The number of phosphoric acid groups is 1. The molecule has 79 heavy (non-hydrogen) atoms. The summed E-state index contributed by atoms with van der Waals surface area (Å²) in [5, 5.41) is 0.